The van der Waals surface area contributed by atoms with E-state index in [1.807, 2.05) is 61.6 Å². The van der Waals surface area contributed by atoms with Crippen molar-refractivity contribution < 1.29 is 19.4 Å². The molecule has 0 saturated heterocycles. The lowest BCUT2D eigenvalue weighted by Gasteiger charge is -2.20. The third-order valence-electron chi connectivity index (χ3n) is 8.54. The van der Waals surface area contributed by atoms with Gasteiger partial charge in [0.2, 0.25) is 11.8 Å². The number of nitrogens with one attached hydrogen (secondary N) is 1. The molecule has 43 heavy (non-hydrogen) atoms. The number of fused-ring (bicyclic) bond motifs is 1. The highest BCUT2D eigenvalue weighted by Gasteiger charge is 2.27. The van der Waals surface area contributed by atoms with Gasteiger partial charge in [0, 0.05) is 24.4 Å². The second-order valence-corrected chi connectivity index (χ2v) is 12.0. The van der Waals surface area contributed by atoms with Gasteiger partial charge in [0.1, 0.15) is 0 Å². The number of benzene rings is 2. The lowest BCUT2D eigenvalue weighted by Crippen LogP contribution is -2.29. The molecule has 0 bridgehead atoms. The average molecular weight is 591 g/mol. The van der Waals surface area contributed by atoms with Crippen LogP contribution in [0, 0.1) is 0 Å². The molecule has 1 atom stereocenters. The molecule has 0 radical (unpaired) electrons. The molecular formula is C37H54N2O4. The Labute approximate surface area is 259 Å². The number of amides is 1. The van der Waals surface area contributed by atoms with Crippen LogP contribution < -0.4 is 10.1 Å². The molecular weight excluding hydrogens is 536 g/mol. The lowest BCUT2D eigenvalue weighted by molar-refractivity contribution is -0.121. The van der Waals surface area contributed by atoms with Crippen LogP contribution in [0.3, 0.4) is 0 Å². The van der Waals surface area contributed by atoms with Gasteiger partial charge in [0.15, 0.2) is 0 Å². The number of carboxylic acid groups (broad SMARTS) is 1. The summed E-state index contributed by atoms with van der Waals surface area (Å²) >= 11 is 0. The maximum atomic E-state index is 13.2. The highest BCUT2D eigenvalue weighted by atomic mass is 16.7. The Bertz CT molecular complexity index is 1220. The molecule has 0 aliphatic carbocycles. The summed E-state index contributed by atoms with van der Waals surface area (Å²) in [4.78, 5) is 24.8. The number of carbonyl (C=O) groups excluding carboxylic acids is 1. The predicted molar refractivity (Wildman–Crippen MR) is 177 cm³/mol. The molecule has 0 aliphatic rings. The summed E-state index contributed by atoms with van der Waals surface area (Å²) in [6.07, 6.45) is 19.9. The molecule has 2 aromatic carbocycles. The van der Waals surface area contributed by atoms with Crippen LogP contribution in [0.2, 0.25) is 0 Å². The first-order chi connectivity index (χ1) is 21.0. The summed E-state index contributed by atoms with van der Waals surface area (Å²) in [7, 11) is 1.81. The van der Waals surface area contributed by atoms with Gasteiger partial charge in [-0.25, -0.2) is 4.79 Å². The molecule has 0 saturated carbocycles. The van der Waals surface area contributed by atoms with Gasteiger partial charge in [0.25, 0.3) is 0 Å². The monoisotopic (exact) mass is 590 g/mol. The first kappa shape index (κ1) is 34.2. The zero-order valence-electron chi connectivity index (χ0n) is 26.6. The molecule has 6 nitrogen and oxygen atoms in total. The molecule has 236 valence electrons. The van der Waals surface area contributed by atoms with E-state index in [0.29, 0.717) is 12.8 Å². The van der Waals surface area contributed by atoms with Crippen LogP contribution in [0.15, 0.2) is 54.6 Å². The first-order valence-corrected chi connectivity index (χ1v) is 16.8. The zero-order chi connectivity index (χ0) is 30.7. The van der Waals surface area contributed by atoms with E-state index >= 15 is 0 Å². The summed E-state index contributed by atoms with van der Waals surface area (Å²) in [6, 6.07) is 17.5. The standard InChI is InChI=1S/C37H54N2O4/c1-3-4-5-6-7-8-9-10-11-12-13-14-15-16-20-26-32(38-34(40)29-28-30-23-18-17-19-24-30)35-31-25-21-22-27-33(31)39(2)36(35)43-37(41)42/h17-19,21-25,27,32H,3-16,20,26,28-29H2,1-2H3,(H,38,40)(H,41,42). The van der Waals surface area contributed by atoms with Crippen molar-refractivity contribution in [2.75, 3.05) is 0 Å². The Balaban J connectivity index is 1.51. The van der Waals surface area contributed by atoms with Gasteiger partial charge in [-0.2, -0.15) is 0 Å². The van der Waals surface area contributed by atoms with E-state index in [9.17, 15) is 14.7 Å². The number of hydrogen-bond acceptors (Lipinski definition) is 3. The normalized spacial score (nSPS) is 12.0. The Morgan fingerprint density at radius 3 is 1.88 bits per heavy atom. The van der Waals surface area contributed by atoms with Gasteiger partial charge in [-0.1, -0.05) is 152 Å². The minimum Gasteiger partial charge on any atom is -0.449 e. The average Bonchev–Trinajstić information content (AvgIpc) is 3.28. The van der Waals surface area contributed by atoms with Gasteiger partial charge in [0.05, 0.1) is 11.6 Å². The van der Waals surface area contributed by atoms with Crippen LogP contribution >= 0.6 is 0 Å². The SMILES string of the molecule is CCCCCCCCCCCCCCCCCC(NC(=O)CCc1ccccc1)c1c(OC(=O)O)n(C)c2ccccc12. The van der Waals surface area contributed by atoms with E-state index in [1.165, 1.54) is 83.5 Å². The van der Waals surface area contributed by atoms with Crippen LogP contribution in [0.4, 0.5) is 4.79 Å². The molecule has 1 aromatic heterocycles. The molecule has 3 aromatic rings. The molecule has 1 heterocycles. The molecule has 0 aliphatic heterocycles. The first-order valence-electron chi connectivity index (χ1n) is 16.8. The topological polar surface area (TPSA) is 80.6 Å². The number of aryl methyl sites for hydroxylation is 2. The van der Waals surface area contributed by atoms with E-state index < -0.39 is 6.16 Å². The second kappa shape index (κ2) is 19.8. The van der Waals surface area contributed by atoms with Crippen molar-refractivity contribution >= 4 is 23.0 Å². The molecule has 0 fully saturated rings. The lowest BCUT2D eigenvalue weighted by atomic mass is 9.97. The van der Waals surface area contributed by atoms with Crippen molar-refractivity contribution in [3.8, 4) is 5.88 Å². The number of hydrogen-bond donors (Lipinski definition) is 2. The number of ether oxygens (including phenoxy) is 1. The molecule has 1 unspecified atom stereocenters. The number of unbranched alkanes of at least 4 members (excludes halogenated alkanes) is 14. The number of aromatic nitrogens is 1. The number of para-hydroxylation sites is 1. The molecule has 3 rings (SSSR count). The van der Waals surface area contributed by atoms with Crippen molar-refractivity contribution in [1.29, 1.82) is 0 Å². The minimum atomic E-state index is -1.35. The quantitative estimate of drug-likeness (QED) is 0.0901. The summed E-state index contributed by atoms with van der Waals surface area (Å²) < 4.78 is 7.08. The summed E-state index contributed by atoms with van der Waals surface area (Å²) in [5, 5.41) is 13.7. The fraction of sp³-hybridized carbons (Fsp3) is 0.568. The van der Waals surface area contributed by atoms with E-state index in [0.717, 1.165) is 41.3 Å². The molecule has 6 heteroatoms. The van der Waals surface area contributed by atoms with Crippen LogP contribution in [0.5, 0.6) is 5.88 Å². The van der Waals surface area contributed by atoms with Crippen LogP contribution in [-0.2, 0) is 18.3 Å². The third kappa shape index (κ3) is 12.1. The summed E-state index contributed by atoms with van der Waals surface area (Å²) in [6.45, 7) is 2.27. The van der Waals surface area contributed by atoms with E-state index in [-0.39, 0.29) is 17.8 Å². The highest BCUT2D eigenvalue weighted by molar-refractivity contribution is 5.89. The Morgan fingerprint density at radius 2 is 1.30 bits per heavy atom. The number of carbonyl (C=O) groups is 2. The van der Waals surface area contributed by atoms with Gasteiger partial charge in [-0.05, 0) is 24.5 Å². The van der Waals surface area contributed by atoms with E-state index in [4.69, 9.17) is 4.74 Å². The third-order valence-corrected chi connectivity index (χ3v) is 8.54. The van der Waals surface area contributed by atoms with Crippen molar-refractivity contribution in [1.82, 2.24) is 9.88 Å². The molecule has 2 N–H and O–H groups in total. The summed E-state index contributed by atoms with van der Waals surface area (Å²) in [5.41, 5.74) is 2.75. The second-order valence-electron chi connectivity index (χ2n) is 12.0. The minimum absolute atomic E-state index is 0.0379. The van der Waals surface area contributed by atoms with Crippen molar-refractivity contribution in [2.24, 2.45) is 7.05 Å². The number of nitrogens with zero attached hydrogens (tertiary/aromatic N) is 1. The van der Waals surface area contributed by atoms with Crippen LogP contribution in [0.25, 0.3) is 10.9 Å². The van der Waals surface area contributed by atoms with Gasteiger partial charge in [-0.3, -0.25) is 4.79 Å². The highest BCUT2D eigenvalue weighted by Crippen LogP contribution is 2.38. The fourth-order valence-electron chi connectivity index (χ4n) is 6.12. The van der Waals surface area contributed by atoms with Crippen molar-refractivity contribution in [3.05, 3.63) is 65.7 Å². The predicted octanol–water partition coefficient (Wildman–Crippen LogP) is 10.3. The van der Waals surface area contributed by atoms with E-state index in [1.54, 1.807) is 4.57 Å². The van der Waals surface area contributed by atoms with Crippen LogP contribution in [0.1, 0.15) is 133 Å². The maximum Gasteiger partial charge on any atom is 0.512 e. The van der Waals surface area contributed by atoms with Crippen LogP contribution in [-0.4, -0.2) is 21.7 Å². The van der Waals surface area contributed by atoms with Gasteiger partial charge in [-0.15, -0.1) is 0 Å². The molecule has 1 amide bonds. The van der Waals surface area contributed by atoms with Crippen molar-refractivity contribution in [3.63, 3.8) is 0 Å². The Hall–Kier alpha value is -3.28. The smallest absolute Gasteiger partial charge is 0.449 e. The maximum absolute atomic E-state index is 13.2. The Kier molecular flexibility index (Phi) is 15.8. The van der Waals surface area contributed by atoms with Gasteiger partial charge >= 0.3 is 6.16 Å². The number of rotatable bonds is 22. The summed E-state index contributed by atoms with van der Waals surface area (Å²) in [5.74, 6) is 0.243. The zero-order valence-corrected chi connectivity index (χ0v) is 26.6. The fourth-order valence-corrected chi connectivity index (χ4v) is 6.12. The Morgan fingerprint density at radius 1 is 0.767 bits per heavy atom. The van der Waals surface area contributed by atoms with Gasteiger partial charge < -0.3 is 19.7 Å². The van der Waals surface area contributed by atoms with E-state index in [2.05, 4.69) is 12.2 Å². The largest absolute Gasteiger partial charge is 0.512 e. The van der Waals surface area contributed by atoms with Crippen molar-refractivity contribution in [2.45, 2.75) is 129 Å². The molecule has 0 spiro atoms.